The Balaban J connectivity index is 2.03. The number of hydrogen-bond acceptors (Lipinski definition) is 1. The summed E-state index contributed by atoms with van der Waals surface area (Å²) in [5.74, 6) is 0.892. The molecule has 0 amide bonds. The molecule has 0 saturated carbocycles. The van der Waals surface area contributed by atoms with Gasteiger partial charge in [-0.25, -0.2) is 0 Å². The van der Waals surface area contributed by atoms with Crippen molar-refractivity contribution in [2.45, 2.75) is 6.54 Å². The molecular formula is C16H13BrClNO. The van der Waals surface area contributed by atoms with Crippen LogP contribution in [0.15, 0.2) is 53.1 Å². The van der Waals surface area contributed by atoms with E-state index in [1.54, 1.807) is 7.11 Å². The summed E-state index contributed by atoms with van der Waals surface area (Å²) in [4.78, 5) is 0. The maximum atomic E-state index is 6.29. The first-order valence-electron chi connectivity index (χ1n) is 6.25. The van der Waals surface area contributed by atoms with Gasteiger partial charge in [0, 0.05) is 27.6 Å². The summed E-state index contributed by atoms with van der Waals surface area (Å²) in [7, 11) is 1.69. The van der Waals surface area contributed by atoms with E-state index in [0.29, 0.717) is 0 Å². The Bertz CT molecular complexity index is 766. The van der Waals surface area contributed by atoms with Crippen molar-refractivity contribution >= 4 is 38.4 Å². The van der Waals surface area contributed by atoms with Crippen molar-refractivity contribution in [3.63, 3.8) is 0 Å². The van der Waals surface area contributed by atoms with Crippen LogP contribution in [0.2, 0.25) is 5.02 Å². The van der Waals surface area contributed by atoms with Crippen molar-refractivity contribution in [1.82, 2.24) is 4.57 Å². The SMILES string of the molecule is COc1cccc2c1ccn2Cc1ccc(Br)cc1Cl. The Morgan fingerprint density at radius 1 is 1.20 bits per heavy atom. The number of rotatable bonds is 3. The first-order valence-corrected chi connectivity index (χ1v) is 7.42. The second kappa shape index (κ2) is 5.51. The van der Waals surface area contributed by atoms with E-state index in [1.165, 1.54) is 0 Å². The molecular weight excluding hydrogens is 338 g/mol. The van der Waals surface area contributed by atoms with Crippen molar-refractivity contribution in [3.8, 4) is 5.75 Å². The molecule has 0 atom stereocenters. The molecule has 2 nitrogen and oxygen atoms in total. The lowest BCUT2D eigenvalue weighted by atomic mass is 10.2. The summed E-state index contributed by atoms with van der Waals surface area (Å²) < 4.78 is 8.55. The van der Waals surface area contributed by atoms with Gasteiger partial charge in [-0.2, -0.15) is 0 Å². The lowest BCUT2D eigenvalue weighted by Gasteiger charge is -2.09. The second-order valence-corrected chi connectivity index (χ2v) is 5.90. The van der Waals surface area contributed by atoms with Crippen LogP contribution in [0.1, 0.15) is 5.56 Å². The fourth-order valence-electron chi connectivity index (χ4n) is 2.34. The highest BCUT2D eigenvalue weighted by Crippen LogP contribution is 2.28. The minimum Gasteiger partial charge on any atom is -0.496 e. The first kappa shape index (κ1) is 13.5. The van der Waals surface area contributed by atoms with Crippen molar-refractivity contribution in [2.75, 3.05) is 7.11 Å². The molecule has 0 bridgehead atoms. The van der Waals surface area contributed by atoms with Gasteiger partial charge in [0.2, 0.25) is 0 Å². The number of ether oxygens (including phenoxy) is 1. The maximum Gasteiger partial charge on any atom is 0.128 e. The number of halogens is 2. The molecule has 3 aromatic rings. The Morgan fingerprint density at radius 3 is 2.80 bits per heavy atom. The molecule has 0 radical (unpaired) electrons. The largest absolute Gasteiger partial charge is 0.496 e. The van der Waals surface area contributed by atoms with Gasteiger partial charge in [0.25, 0.3) is 0 Å². The van der Waals surface area contributed by atoms with Crippen LogP contribution in [-0.2, 0) is 6.54 Å². The monoisotopic (exact) mass is 349 g/mol. The van der Waals surface area contributed by atoms with Gasteiger partial charge in [-0.1, -0.05) is 39.7 Å². The molecule has 0 N–H and O–H groups in total. The minimum atomic E-state index is 0.739. The molecule has 0 unspecified atom stereocenters. The molecule has 4 heteroatoms. The second-order valence-electron chi connectivity index (χ2n) is 4.57. The lowest BCUT2D eigenvalue weighted by Crippen LogP contribution is -1.98. The molecule has 0 aliphatic heterocycles. The molecule has 2 aromatic carbocycles. The summed E-state index contributed by atoms with van der Waals surface area (Å²) in [5, 5.41) is 1.88. The summed E-state index contributed by atoms with van der Waals surface area (Å²) >= 11 is 9.71. The Kier molecular flexibility index (Phi) is 3.72. The number of methoxy groups -OCH3 is 1. The highest BCUT2D eigenvalue weighted by Gasteiger charge is 2.08. The number of fused-ring (bicyclic) bond motifs is 1. The predicted molar refractivity (Wildman–Crippen MR) is 86.7 cm³/mol. The van der Waals surface area contributed by atoms with Crippen molar-refractivity contribution < 1.29 is 4.74 Å². The van der Waals surface area contributed by atoms with Crippen LogP contribution in [0, 0.1) is 0 Å². The van der Waals surface area contributed by atoms with Gasteiger partial charge in [0.15, 0.2) is 0 Å². The zero-order valence-corrected chi connectivity index (χ0v) is 13.3. The van der Waals surface area contributed by atoms with Crippen LogP contribution < -0.4 is 4.74 Å². The minimum absolute atomic E-state index is 0.739. The summed E-state index contributed by atoms with van der Waals surface area (Å²) in [5.41, 5.74) is 2.23. The molecule has 0 saturated heterocycles. The van der Waals surface area contributed by atoms with Crippen LogP contribution >= 0.6 is 27.5 Å². The number of nitrogens with zero attached hydrogens (tertiary/aromatic N) is 1. The van der Waals surface area contributed by atoms with Crippen molar-refractivity contribution in [3.05, 3.63) is 63.7 Å². The molecule has 0 fully saturated rings. The van der Waals surface area contributed by atoms with E-state index < -0.39 is 0 Å². The van der Waals surface area contributed by atoms with Crippen LogP contribution in [-0.4, -0.2) is 11.7 Å². The summed E-state index contributed by atoms with van der Waals surface area (Å²) in [6.45, 7) is 0.739. The highest BCUT2D eigenvalue weighted by atomic mass is 79.9. The van der Waals surface area contributed by atoms with Gasteiger partial charge >= 0.3 is 0 Å². The van der Waals surface area contributed by atoms with Gasteiger partial charge in [0.05, 0.1) is 12.6 Å². The fraction of sp³-hybridized carbons (Fsp3) is 0.125. The zero-order chi connectivity index (χ0) is 14.1. The molecule has 0 aliphatic rings. The normalized spacial score (nSPS) is 10.9. The van der Waals surface area contributed by atoms with Crippen LogP contribution in [0.3, 0.4) is 0 Å². The average Bonchev–Trinajstić information content (AvgIpc) is 2.85. The van der Waals surface area contributed by atoms with Crippen LogP contribution in [0.4, 0.5) is 0 Å². The maximum absolute atomic E-state index is 6.29. The molecule has 0 aliphatic carbocycles. The Labute approximate surface area is 131 Å². The zero-order valence-electron chi connectivity index (χ0n) is 10.9. The fourth-order valence-corrected chi connectivity index (χ4v) is 3.08. The third kappa shape index (κ3) is 2.43. The summed E-state index contributed by atoms with van der Waals surface area (Å²) in [6, 6.07) is 14.1. The lowest BCUT2D eigenvalue weighted by molar-refractivity contribution is 0.420. The van der Waals surface area contributed by atoms with Crippen LogP contribution in [0.5, 0.6) is 5.75 Å². The standard InChI is InChI=1S/C16H13BrClNO/c1-20-16-4-2-3-15-13(16)7-8-19(15)10-11-5-6-12(17)9-14(11)18/h2-9H,10H2,1H3. The third-order valence-electron chi connectivity index (χ3n) is 3.35. The number of aromatic nitrogens is 1. The Morgan fingerprint density at radius 2 is 2.05 bits per heavy atom. The predicted octanol–water partition coefficient (Wildman–Crippen LogP) is 5.11. The molecule has 102 valence electrons. The topological polar surface area (TPSA) is 14.2 Å². The van der Waals surface area contributed by atoms with E-state index in [1.807, 2.05) is 30.3 Å². The quantitative estimate of drug-likeness (QED) is 0.640. The molecule has 1 aromatic heterocycles. The van der Waals surface area contributed by atoms with Gasteiger partial charge in [-0.3, -0.25) is 0 Å². The number of hydrogen-bond donors (Lipinski definition) is 0. The average molecular weight is 351 g/mol. The molecule has 0 spiro atoms. The van der Waals surface area contributed by atoms with E-state index in [9.17, 15) is 0 Å². The van der Waals surface area contributed by atoms with E-state index in [0.717, 1.165) is 38.3 Å². The van der Waals surface area contributed by atoms with Crippen molar-refractivity contribution in [1.29, 1.82) is 0 Å². The van der Waals surface area contributed by atoms with E-state index in [2.05, 4.69) is 38.8 Å². The smallest absolute Gasteiger partial charge is 0.128 e. The molecule has 20 heavy (non-hydrogen) atoms. The van der Waals surface area contributed by atoms with E-state index in [-0.39, 0.29) is 0 Å². The molecule has 3 rings (SSSR count). The van der Waals surface area contributed by atoms with Crippen LogP contribution in [0.25, 0.3) is 10.9 Å². The Hall–Kier alpha value is -1.45. The van der Waals surface area contributed by atoms with E-state index in [4.69, 9.17) is 16.3 Å². The van der Waals surface area contributed by atoms with Gasteiger partial charge in [-0.05, 0) is 35.9 Å². The van der Waals surface area contributed by atoms with Gasteiger partial charge in [-0.15, -0.1) is 0 Å². The van der Waals surface area contributed by atoms with Gasteiger partial charge in [0.1, 0.15) is 5.75 Å². The first-order chi connectivity index (χ1) is 9.69. The van der Waals surface area contributed by atoms with Gasteiger partial charge < -0.3 is 9.30 Å². The third-order valence-corrected chi connectivity index (χ3v) is 4.19. The van der Waals surface area contributed by atoms with Crippen molar-refractivity contribution in [2.24, 2.45) is 0 Å². The highest BCUT2D eigenvalue weighted by molar-refractivity contribution is 9.10. The molecule has 1 heterocycles. The summed E-state index contributed by atoms with van der Waals surface area (Å²) in [6.07, 6.45) is 2.06. The number of benzene rings is 2. The van der Waals surface area contributed by atoms with E-state index >= 15 is 0 Å².